The number of H-pyrrole nitrogens is 1. The van der Waals surface area contributed by atoms with E-state index in [1.807, 2.05) is 0 Å². The van der Waals surface area contributed by atoms with Crippen LogP contribution in [0.1, 0.15) is 9.67 Å². The second-order valence-electron chi connectivity index (χ2n) is 4.65. The van der Waals surface area contributed by atoms with Gasteiger partial charge in [0.1, 0.15) is 15.0 Å². The van der Waals surface area contributed by atoms with Crippen molar-refractivity contribution in [3.05, 3.63) is 35.4 Å². The van der Waals surface area contributed by atoms with E-state index in [-0.39, 0.29) is 32.4 Å². The number of aromatic amines is 1. The molecule has 0 spiro atoms. The SMILES string of the molecule is CN(C)C(=O)c1scc(Nc2c(Br)c(=O)[nH]n(C)c2=O)c1O. The van der Waals surface area contributed by atoms with Gasteiger partial charge in [-0.2, -0.15) is 0 Å². The van der Waals surface area contributed by atoms with Gasteiger partial charge < -0.3 is 15.3 Å². The third kappa shape index (κ3) is 2.79. The molecule has 2 rings (SSSR count). The smallest absolute Gasteiger partial charge is 0.289 e. The molecule has 0 aliphatic rings. The van der Waals surface area contributed by atoms with Gasteiger partial charge >= 0.3 is 0 Å². The van der Waals surface area contributed by atoms with Crippen molar-refractivity contribution in [2.45, 2.75) is 0 Å². The van der Waals surface area contributed by atoms with Crippen LogP contribution >= 0.6 is 27.3 Å². The predicted octanol–water partition coefficient (Wildman–Crippen LogP) is 1.05. The predicted molar refractivity (Wildman–Crippen MR) is 87.3 cm³/mol. The van der Waals surface area contributed by atoms with E-state index in [4.69, 9.17) is 0 Å². The van der Waals surface area contributed by atoms with Crippen LogP contribution in [0.3, 0.4) is 0 Å². The fourth-order valence-electron chi connectivity index (χ4n) is 1.67. The molecule has 0 radical (unpaired) electrons. The van der Waals surface area contributed by atoms with Crippen LogP contribution < -0.4 is 16.4 Å². The molecule has 0 saturated carbocycles. The van der Waals surface area contributed by atoms with E-state index in [1.165, 1.54) is 17.3 Å². The Bertz CT molecular complexity index is 852. The van der Waals surface area contributed by atoms with Gasteiger partial charge in [-0.25, -0.2) is 0 Å². The van der Waals surface area contributed by atoms with Gasteiger partial charge in [-0.15, -0.1) is 11.3 Å². The highest BCUT2D eigenvalue weighted by Gasteiger charge is 2.21. The summed E-state index contributed by atoms with van der Waals surface area (Å²) in [6, 6.07) is 0. The Morgan fingerprint density at radius 2 is 2.09 bits per heavy atom. The van der Waals surface area contributed by atoms with Crippen molar-refractivity contribution in [2.75, 3.05) is 19.4 Å². The maximum absolute atomic E-state index is 12.1. The second-order valence-corrected chi connectivity index (χ2v) is 6.32. The average Bonchev–Trinajstić information content (AvgIpc) is 2.81. The summed E-state index contributed by atoms with van der Waals surface area (Å²) < 4.78 is 1.03. The molecule has 22 heavy (non-hydrogen) atoms. The summed E-state index contributed by atoms with van der Waals surface area (Å²) in [5.74, 6) is -0.619. The summed E-state index contributed by atoms with van der Waals surface area (Å²) in [7, 11) is 4.53. The van der Waals surface area contributed by atoms with Crippen LogP contribution in [0.5, 0.6) is 5.75 Å². The van der Waals surface area contributed by atoms with Gasteiger partial charge in [-0.05, 0) is 15.9 Å². The van der Waals surface area contributed by atoms with E-state index in [9.17, 15) is 19.5 Å². The van der Waals surface area contributed by atoms with Gasteiger partial charge in [0.25, 0.3) is 17.0 Å². The topological polar surface area (TPSA) is 107 Å². The lowest BCUT2D eigenvalue weighted by Crippen LogP contribution is -2.29. The van der Waals surface area contributed by atoms with E-state index in [1.54, 1.807) is 14.1 Å². The molecule has 0 unspecified atom stereocenters. The van der Waals surface area contributed by atoms with Crippen LogP contribution in [0.15, 0.2) is 19.4 Å². The molecule has 2 aromatic rings. The third-order valence-corrected chi connectivity index (χ3v) is 4.55. The van der Waals surface area contributed by atoms with Gasteiger partial charge in [0.2, 0.25) is 0 Å². The molecule has 0 saturated heterocycles. The van der Waals surface area contributed by atoms with Crippen molar-refractivity contribution < 1.29 is 9.90 Å². The highest BCUT2D eigenvalue weighted by atomic mass is 79.9. The number of carbonyl (C=O) groups excluding carboxylic acids is 1. The van der Waals surface area contributed by atoms with Crippen LogP contribution in [0.2, 0.25) is 0 Å². The monoisotopic (exact) mass is 388 g/mol. The first-order valence-electron chi connectivity index (χ1n) is 6.02. The van der Waals surface area contributed by atoms with E-state index < -0.39 is 11.1 Å². The lowest BCUT2D eigenvalue weighted by molar-refractivity contribution is 0.0829. The molecule has 0 aromatic carbocycles. The molecule has 0 aliphatic heterocycles. The zero-order valence-corrected chi connectivity index (χ0v) is 14.3. The molecule has 8 nitrogen and oxygen atoms in total. The molecular formula is C12H13BrN4O4S. The largest absolute Gasteiger partial charge is 0.504 e. The molecule has 0 aliphatic carbocycles. The number of aromatic nitrogens is 2. The van der Waals surface area contributed by atoms with Gasteiger partial charge in [0.05, 0.1) is 5.69 Å². The van der Waals surface area contributed by atoms with E-state index in [0.717, 1.165) is 16.0 Å². The Hall–Kier alpha value is -2.07. The van der Waals surface area contributed by atoms with Crippen molar-refractivity contribution in [3.8, 4) is 5.75 Å². The summed E-state index contributed by atoms with van der Waals surface area (Å²) in [6.07, 6.45) is 0. The number of aryl methyl sites for hydroxylation is 1. The lowest BCUT2D eigenvalue weighted by Gasteiger charge is -2.10. The van der Waals surface area contributed by atoms with Crippen molar-refractivity contribution in [3.63, 3.8) is 0 Å². The van der Waals surface area contributed by atoms with Crippen molar-refractivity contribution in [1.29, 1.82) is 0 Å². The number of carbonyl (C=O) groups is 1. The van der Waals surface area contributed by atoms with Gasteiger partial charge in [-0.3, -0.25) is 24.2 Å². The first-order valence-corrected chi connectivity index (χ1v) is 7.69. The van der Waals surface area contributed by atoms with Crippen LogP contribution in [0.4, 0.5) is 11.4 Å². The van der Waals surface area contributed by atoms with Crippen LogP contribution in [-0.2, 0) is 7.05 Å². The Morgan fingerprint density at radius 3 is 2.68 bits per heavy atom. The number of halogens is 1. The molecular weight excluding hydrogens is 376 g/mol. The minimum Gasteiger partial charge on any atom is -0.504 e. The molecule has 10 heteroatoms. The number of thiophene rings is 1. The van der Waals surface area contributed by atoms with Crippen LogP contribution in [0.25, 0.3) is 0 Å². The highest BCUT2D eigenvalue weighted by Crippen LogP contribution is 2.36. The molecule has 0 atom stereocenters. The number of hydrogen-bond donors (Lipinski definition) is 3. The summed E-state index contributed by atoms with van der Waals surface area (Å²) in [5, 5.41) is 16.6. The number of nitrogens with zero attached hydrogens (tertiary/aromatic N) is 2. The third-order valence-electron chi connectivity index (χ3n) is 2.83. The van der Waals surface area contributed by atoms with Crippen molar-refractivity contribution in [1.82, 2.24) is 14.7 Å². The van der Waals surface area contributed by atoms with Gasteiger partial charge in [0.15, 0.2) is 5.75 Å². The maximum Gasteiger partial charge on any atom is 0.289 e. The van der Waals surface area contributed by atoms with Gasteiger partial charge in [-0.1, -0.05) is 0 Å². The van der Waals surface area contributed by atoms with E-state index in [2.05, 4.69) is 26.3 Å². The molecule has 118 valence electrons. The number of rotatable bonds is 3. The second kappa shape index (κ2) is 5.97. The van der Waals surface area contributed by atoms with E-state index >= 15 is 0 Å². The molecule has 0 bridgehead atoms. The number of anilines is 2. The minimum absolute atomic E-state index is 0.0155. The first kappa shape index (κ1) is 16.3. The normalized spacial score (nSPS) is 10.5. The highest BCUT2D eigenvalue weighted by molar-refractivity contribution is 9.10. The Balaban J connectivity index is 2.48. The molecule has 2 aromatic heterocycles. The van der Waals surface area contributed by atoms with Crippen LogP contribution in [-0.4, -0.2) is 39.8 Å². The summed E-state index contributed by atoms with van der Waals surface area (Å²) in [4.78, 5) is 37.1. The average molecular weight is 389 g/mol. The Labute approximate surface area is 137 Å². The van der Waals surface area contributed by atoms with Crippen LogP contribution in [0, 0.1) is 0 Å². The number of amides is 1. The van der Waals surface area contributed by atoms with Crippen molar-refractivity contribution in [2.24, 2.45) is 7.05 Å². The Kier molecular flexibility index (Phi) is 4.42. The fourth-order valence-corrected chi connectivity index (χ4v) is 2.93. The lowest BCUT2D eigenvalue weighted by atomic mass is 10.3. The summed E-state index contributed by atoms with van der Waals surface area (Å²) in [5.41, 5.74) is -0.830. The zero-order valence-electron chi connectivity index (χ0n) is 11.9. The zero-order chi connectivity index (χ0) is 16.6. The summed E-state index contributed by atoms with van der Waals surface area (Å²) in [6.45, 7) is 0. The Morgan fingerprint density at radius 1 is 1.45 bits per heavy atom. The number of aromatic hydroxyl groups is 1. The molecule has 2 heterocycles. The van der Waals surface area contributed by atoms with E-state index in [0.29, 0.717) is 0 Å². The standard InChI is InChI=1S/C12H13BrN4O4S/c1-16(2)12(21)9-8(18)5(4-22-9)14-7-6(13)10(19)15-17(3)11(7)20/h4,14,18H,1-3H3,(H,15,19). The molecule has 0 fully saturated rings. The first-order chi connectivity index (χ1) is 10.2. The quantitative estimate of drug-likeness (QED) is 0.728. The fraction of sp³-hybridized carbons (Fsp3) is 0.250. The molecule has 1 amide bonds. The minimum atomic E-state index is -0.496. The summed E-state index contributed by atoms with van der Waals surface area (Å²) >= 11 is 4.07. The maximum atomic E-state index is 12.1. The van der Waals surface area contributed by atoms with Crippen molar-refractivity contribution >= 4 is 44.5 Å². The number of hydrogen-bond acceptors (Lipinski definition) is 6. The van der Waals surface area contributed by atoms with Gasteiger partial charge in [0, 0.05) is 26.5 Å². The number of nitrogens with one attached hydrogen (secondary N) is 2. The molecule has 3 N–H and O–H groups in total.